The highest BCUT2D eigenvalue weighted by Crippen LogP contribution is 2.20. The summed E-state index contributed by atoms with van der Waals surface area (Å²) in [4.78, 5) is 9.08. The molecule has 3 N–H and O–H groups in total. The van der Waals surface area contributed by atoms with E-state index < -0.39 is 6.10 Å². The van der Waals surface area contributed by atoms with Crippen molar-refractivity contribution in [1.29, 1.82) is 0 Å². The Labute approximate surface area is 189 Å². The second kappa shape index (κ2) is 11.3. The Morgan fingerprint density at radius 3 is 2.47 bits per heavy atom. The molecule has 3 rings (SSSR count). The first-order chi connectivity index (χ1) is 15.4. The number of rotatable bonds is 9. The Morgan fingerprint density at radius 2 is 1.81 bits per heavy atom. The number of hydrogen-bond donors (Lipinski definition) is 3. The molecule has 0 aliphatic heterocycles. The van der Waals surface area contributed by atoms with Gasteiger partial charge in [-0.1, -0.05) is 29.8 Å². The van der Waals surface area contributed by atoms with E-state index in [9.17, 15) is 5.11 Å². The molecular weight excluding hydrogens is 404 g/mol. The van der Waals surface area contributed by atoms with Crippen molar-refractivity contribution in [2.24, 2.45) is 4.99 Å². The van der Waals surface area contributed by atoms with Gasteiger partial charge in [0, 0.05) is 18.7 Å². The molecule has 1 unspecified atom stereocenters. The molecule has 1 aromatic heterocycles. The first-order valence-corrected chi connectivity index (χ1v) is 10.9. The van der Waals surface area contributed by atoms with Gasteiger partial charge in [0.05, 0.1) is 18.8 Å². The first-order valence-electron chi connectivity index (χ1n) is 10.9. The van der Waals surface area contributed by atoms with Crippen molar-refractivity contribution in [2.45, 2.75) is 46.4 Å². The molecule has 32 heavy (non-hydrogen) atoms. The van der Waals surface area contributed by atoms with Crippen molar-refractivity contribution < 1.29 is 14.3 Å². The van der Waals surface area contributed by atoms with Gasteiger partial charge in [-0.3, -0.25) is 0 Å². The summed E-state index contributed by atoms with van der Waals surface area (Å²) < 4.78 is 11.2. The summed E-state index contributed by atoms with van der Waals surface area (Å²) in [5.74, 6) is 1.97. The van der Waals surface area contributed by atoms with Crippen LogP contribution in [-0.4, -0.2) is 35.2 Å². The van der Waals surface area contributed by atoms with Crippen molar-refractivity contribution in [3.8, 4) is 17.2 Å². The zero-order valence-electron chi connectivity index (χ0n) is 19.1. The number of aliphatic hydroxyl groups excluding tert-OH is 1. The number of benzene rings is 2. The van der Waals surface area contributed by atoms with Gasteiger partial charge in [-0.15, -0.1) is 0 Å². The van der Waals surface area contributed by atoms with Crippen LogP contribution in [0.25, 0.3) is 11.5 Å². The number of nitrogens with one attached hydrogen (secondary N) is 2. The molecule has 3 aromatic rings. The zero-order valence-corrected chi connectivity index (χ0v) is 19.1. The number of ether oxygens (including phenoxy) is 1. The van der Waals surface area contributed by atoms with Crippen LogP contribution in [0.5, 0.6) is 5.75 Å². The molecular formula is C25H32N4O3. The number of aliphatic hydroxyl groups is 1. The fourth-order valence-electron chi connectivity index (χ4n) is 3.06. The Kier molecular flexibility index (Phi) is 8.27. The van der Waals surface area contributed by atoms with E-state index in [-0.39, 0.29) is 6.10 Å². The van der Waals surface area contributed by atoms with E-state index in [4.69, 9.17) is 9.15 Å². The molecule has 0 aliphatic carbocycles. The molecule has 170 valence electrons. The van der Waals surface area contributed by atoms with Crippen LogP contribution in [0.4, 0.5) is 0 Å². The molecule has 0 amide bonds. The van der Waals surface area contributed by atoms with Gasteiger partial charge < -0.3 is 24.9 Å². The van der Waals surface area contributed by atoms with Gasteiger partial charge in [-0.05, 0) is 57.5 Å². The minimum atomic E-state index is -0.674. The second-order valence-corrected chi connectivity index (χ2v) is 7.84. The van der Waals surface area contributed by atoms with E-state index in [1.54, 1.807) is 6.26 Å². The van der Waals surface area contributed by atoms with Crippen LogP contribution in [0.1, 0.15) is 43.7 Å². The number of hydrogen-bond acceptors (Lipinski definition) is 5. The molecule has 7 nitrogen and oxygen atoms in total. The van der Waals surface area contributed by atoms with E-state index in [1.165, 1.54) is 5.56 Å². The predicted molar refractivity (Wildman–Crippen MR) is 127 cm³/mol. The van der Waals surface area contributed by atoms with Crippen molar-refractivity contribution in [2.75, 3.05) is 13.1 Å². The van der Waals surface area contributed by atoms with E-state index in [2.05, 4.69) is 20.6 Å². The summed E-state index contributed by atoms with van der Waals surface area (Å²) in [5.41, 5.74) is 3.67. The summed E-state index contributed by atoms with van der Waals surface area (Å²) in [6.45, 7) is 9.39. The van der Waals surface area contributed by atoms with Crippen LogP contribution in [0.15, 0.2) is 64.2 Å². The van der Waals surface area contributed by atoms with Gasteiger partial charge in [0.25, 0.3) is 0 Å². The van der Waals surface area contributed by atoms with E-state index in [0.717, 1.165) is 22.6 Å². The lowest BCUT2D eigenvalue weighted by Crippen LogP contribution is -2.39. The molecule has 0 bridgehead atoms. The lowest BCUT2D eigenvalue weighted by molar-refractivity contribution is 0.180. The third-order valence-electron chi connectivity index (χ3n) is 4.69. The predicted octanol–water partition coefficient (Wildman–Crippen LogP) is 4.23. The number of aryl methyl sites for hydroxylation is 1. The molecule has 1 heterocycles. The number of guanidine groups is 1. The average Bonchev–Trinajstić information content (AvgIpc) is 3.25. The molecule has 0 fully saturated rings. The second-order valence-electron chi connectivity index (χ2n) is 7.84. The van der Waals surface area contributed by atoms with Crippen LogP contribution in [-0.2, 0) is 6.54 Å². The van der Waals surface area contributed by atoms with Crippen molar-refractivity contribution in [3.05, 3.63) is 71.6 Å². The number of aromatic nitrogens is 1. The SMILES string of the molecule is CCNC(=NCc1coc(-c2ccc(C)cc2)n1)NCC(O)c1ccc(OC(C)C)cc1. The highest BCUT2D eigenvalue weighted by molar-refractivity contribution is 5.79. The van der Waals surface area contributed by atoms with Crippen molar-refractivity contribution >= 4 is 5.96 Å². The maximum Gasteiger partial charge on any atom is 0.226 e. The number of aliphatic imine (C=N–C) groups is 1. The minimum Gasteiger partial charge on any atom is -0.491 e. The van der Waals surface area contributed by atoms with E-state index in [1.807, 2.05) is 76.2 Å². The fourth-order valence-corrected chi connectivity index (χ4v) is 3.06. The molecule has 0 saturated heterocycles. The Morgan fingerprint density at radius 1 is 1.09 bits per heavy atom. The normalized spacial score (nSPS) is 12.6. The van der Waals surface area contributed by atoms with Crippen LogP contribution >= 0.6 is 0 Å². The molecule has 0 saturated carbocycles. The Bertz CT molecular complexity index is 995. The van der Waals surface area contributed by atoms with Gasteiger partial charge in [-0.2, -0.15) is 0 Å². The van der Waals surface area contributed by atoms with Gasteiger partial charge in [0.15, 0.2) is 5.96 Å². The Hall–Kier alpha value is -3.32. The first kappa shape index (κ1) is 23.3. The lowest BCUT2D eigenvalue weighted by atomic mass is 10.1. The van der Waals surface area contributed by atoms with Gasteiger partial charge in [0.1, 0.15) is 17.7 Å². The standard InChI is InChI=1S/C25H32N4O3/c1-5-26-25(28-15-23(30)19-10-12-22(13-11-19)32-17(2)3)27-14-21-16-31-24(29-21)20-8-6-18(4)7-9-20/h6-13,16-17,23,30H,5,14-15H2,1-4H3,(H2,26,27,28). The highest BCUT2D eigenvalue weighted by Gasteiger charge is 2.10. The lowest BCUT2D eigenvalue weighted by Gasteiger charge is -2.16. The van der Waals surface area contributed by atoms with Gasteiger partial charge >= 0.3 is 0 Å². The minimum absolute atomic E-state index is 0.115. The summed E-state index contributed by atoms with van der Waals surface area (Å²) in [7, 11) is 0. The van der Waals surface area contributed by atoms with Crippen LogP contribution < -0.4 is 15.4 Å². The van der Waals surface area contributed by atoms with Crippen molar-refractivity contribution in [1.82, 2.24) is 15.6 Å². The van der Waals surface area contributed by atoms with E-state index in [0.29, 0.717) is 31.5 Å². The number of nitrogens with zero attached hydrogens (tertiary/aromatic N) is 2. The van der Waals surface area contributed by atoms with Crippen molar-refractivity contribution in [3.63, 3.8) is 0 Å². The van der Waals surface area contributed by atoms with Crippen LogP contribution in [0.3, 0.4) is 0 Å². The third-order valence-corrected chi connectivity index (χ3v) is 4.69. The summed E-state index contributed by atoms with van der Waals surface area (Å²) >= 11 is 0. The third kappa shape index (κ3) is 6.85. The average molecular weight is 437 g/mol. The molecule has 0 aliphatic rings. The largest absolute Gasteiger partial charge is 0.491 e. The topological polar surface area (TPSA) is 91.9 Å². The van der Waals surface area contributed by atoms with Gasteiger partial charge in [0.2, 0.25) is 5.89 Å². The maximum absolute atomic E-state index is 10.5. The highest BCUT2D eigenvalue weighted by atomic mass is 16.5. The zero-order chi connectivity index (χ0) is 22.9. The van der Waals surface area contributed by atoms with Gasteiger partial charge in [-0.25, -0.2) is 9.98 Å². The monoisotopic (exact) mass is 436 g/mol. The smallest absolute Gasteiger partial charge is 0.226 e. The maximum atomic E-state index is 10.5. The molecule has 0 radical (unpaired) electrons. The Balaban J connectivity index is 1.57. The van der Waals surface area contributed by atoms with Crippen LogP contribution in [0, 0.1) is 6.92 Å². The molecule has 1 atom stereocenters. The molecule has 7 heteroatoms. The van der Waals surface area contributed by atoms with Crippen LogP contribution in [0.2, 0.25) is 0 Å². The number of oxazole rings is 1. The quantitative estimate of drug-likeness (QED) is 0.344. The fraction of sp³-hybridized carbons (Fsp3) is 0.360. The molecule has 0 spiro atoms. The summed E-state index contributed by atoms with van der Waals surface area (Å²) in [5, 5.41) is 16.9. The molecule has 2 aromatic carbocycles. The van der Waals surface area contributed by atoms with E-state index >= 15 is 0 Å². The summed E-state index contributed by atoms with van der Waals surface area (Å²) in [6.07, 6.45) is 1.06. The summed E-state index contributed by atoms with van der Waals surface area (Å²) in [6, 6.07) is 15.5.